The highest BCUT2D eigenvalue weighted by atomic mass is 14.5. The molecule has 0 spiro atoms. The summed E-state index contributed by atoms with van der Waals surface area (Å²) < 4.78 is 0. The summed E-state index contributed by atoms with van der Waals surface area (Å²) in [4.78, 5) is 0. The first-order valence-electron chi connectivity index (χ1n) is 12.3. The average Bonchev–Trinajstić information content (AvgIpc) is 2.68. The van der Waals surface area contributed by atoms with E-state index in [9.17, 15) is 0 Å². The molecule has 0 amide bonds. The van der Waals surface area contributed by atoms with Crippen LogP contribution in [0, 0.1) is 23.2 Å². The highest BCUT2D eigenvalue weighted by Gasteiger charge is 2.41. The Morgan fingerprint density at radius 2 is 1.28 bits per heavy atom. The van der Waals surface area contributed by atoms with Crippen molar-refractivity contribution in [3.63, 3.8) is 0 Å². The Bertz CT molecular complexity index is 337. The van der Waals surface area contributed by atoms with E-state index >= 15 is 0 Å². The van der Waals surface area contributed by atoms with E-state index in [1.54, 1.807) is 77.0 Å². The Labute approximate surface area is 158 Å². The number of hydrogen-bond donors (Lipinski definition) is 0. The average molecular weight is 347 g/mol. The molecule has 3 fully saturated rings. The minimum absolute atomic E-state index is 0.789. The lowest BCUT2D eigenvalue weighted by atomic mass is 9.57. The second-order valence-corrected chi connectivity index (χ2v) is 10.2. The molecule has 0 unspecified atom stereocenters. The maximum absolute atomic E-state index is 2.33. The summed E-state index contributed by atoms with van der Waals surface area (Å²) in [6.07, 6.45) is 30.8. The molecule has 0 saturated heterocycles. The lowest BCUT2D eigenvalue weighted by Crippen LogP contribution is -2.37. The highest BCUT2D eigenvalue weighted by Crippen LogP contribution is 2.53. The topological polar surface area (TPSA) is 0 Å². The summed E-state index contributed by atoms with van der Waals surface area (Å²) in [5, 5.41) is 0. The molecule has 3 saturated carbocycles. The maximum Gasteiger partial charge on any atom is -0.0267 e. The fourth-order valence-electron chi connectivity index (χ4n) is 6.91. The molecular weight excluding hydrogens is 300 g/mol. The van der Waals surface area contributed by atoms with E-state index in [0.717, 1.165) is 23.2 Å². The van der Waals surface area contributed by atoms with Crippen LogP contribution in [-0.2, 0) is 0 Å². The number of rotatable bonds is 8. The van der Waals surface area contributed by atoms with Gasteiger partial charge < -0.3 is 0 Å². The molecule has 25 heavy (non-hydrogen) atoms. The van der Waals surface area contributed by atoms with Gasteiger partial charge in [0, 0.05) is 0 Å². The monoisotopic (exact) mass is 346 g/mol. The lowest BCUT2D eigenvalue weighted by Gasteiger charge is -2.48. The third-order valence-corrected chi connectivity index (χ3v) is 8.45. The van der Waals surface area contributed by atoms with Crippen LogP contribution < -0.4 is 0 Å². The molecule has 3 aliphatic carbocycles. The molecule has 3 aliphatic rings. The van der Waals surface area contributed by atoms with Gasteiger partial charge in [-0.15, -0.1) is 0 Å². The van der Waals surface area contributed by atoms with Gasteiger partial charge in [0.2, 0.25) is 0 Å². The molecule has 0 heterocycles. The van der Waals surface area contributed by atoms with E-state index in [1.807, 2.05) is 0 Å². The van der Waals surface area contributed by atoms with Crippen molar-refractivity contribution < 1.29 is 0 Å². The van der Waals surface area contributed by atoms with E-state index in [4.69, 9.17) is 0 Å². The van der Waals surface area contributed by atoms with Crippen molar-refractivity contribution in [3.8, 4) is 0 Å². The Kier molecular flexibility index (Phi) is 8.19. The molecule has 0 nitrogen and oxygen atoms in total. The Balaban J connectivity index is 1.46. The molecule has 0 radical (unpaired) electrons. The van der Waals surface area contributed by atoms with Crippen LogP contribution in [0.25, 0.3) is 0 Å². The van der Waals surface area contributed by atoms with Gasteiger partial charge in [0.25, 0.3) is 0 Å². The zero-order valence-electron chi connectivity index (χ0n) is 17.4. The van der Waals surface area contributed by atoms with E-state index in [1.165, 1.54) is 51.4 Å². The van der Waals surface area contributed by atoms with Crippen molar-refractivity contribution in [1.82, 2.24) is 0 Å². The molecular formula is C25H46. The third-order valence-electron chi connectivity index (χ3n) is 8.45. The molecule has 0 aromatic carbocycles. The summed E-state index contributed by atoms with van der Waals surface area (Å²) >= 11 is 0. The fourth-order valence-corrected chi connectivity index (χ4v) is 6.91. The van der Waals surface area contributed by atoms with Crippen LogP contribution in [0.2, 0.25) is 0 Å². The molecule has 0 heteroatoms. The minimum atomic E-state index is 0.789. The van der Waals surface area contributed by atoms with Gasteiger partial charge in [0.15, 0.2) is 0 Å². The molecule has 0 atom stereocenters. The summed E-state index contributed by atoms with van der Waals surface area (Å²) in [5.41, 5.74) is 0.789. The van der Waals surface area contributed by atoms with Gasteiger partial charge >= 0.3 is 0 Å². The lowest BCUT2D eigenvalue weighted by molar-refractivity contribution is 0.0294. The van der Waals surface area contributed by atoms with Crippen LogP contribution in [0.15, 0.2) is 0 Å². The fraction of sp³-hybridized carbons (Fsp3) is 1.00. The van der Waals surface area contributed by atoms with E-state index in [2.05, 4.69) is 6.92 Å². The van der Waals surface area contributed by atoms with Crippen LogP contribution in [0.4, 0.5) is 0 Å². The second kappa shape index (κ2) is 10.4. The van der Waals surface area contributed by atoms with Crippen molar-refractivity contribution in [3.05, 3.63) is 0 Å². The first-order valence-corrected chi connectivity index (χ1v) is 12.3. The number of unbranched alkanes of at least 4 members (excludes halogenated alkanes) is 3. The van der Waals surface area contributed by atoms with Crippen molar-refractivity contribution in [2.45, 2.75) is 135 Å². The minimum Gasteiger partial charge on any atom is -0.0654 e. The van der Waals surface area contributed by atoms with Crippen LogP contribution >= 0.6 is 0 Å². The van der Waals surface area contributed by atoms with Gasteiger partial charge in [-0.05, 0) is 55.3 Å². The van der Waals surface area contributed by atoms with Gasteiger partial charge in [-0.1, -0.05) is 103 Å². The first kappa shape index (κ1) is 19.8. The van der Waals surface area contributed by atoms with E-state index < -0.39 is 0 Å². The summed E-state index contributed by atoms with van der Waals surface area (Å²) in [7, 11) is 0. The summed E-state index contributed by atoms with van der Waals surface area (Å²) in [6.45, 7) is 2.33. The SMILES string of the molecule is CCCCCCC1CCC(CC2(C3CCCCC3)CCCCC2)CC1. The van der Waals surface area contributed by atoms with Crippen molar-refractivity contribution in [2.24, 2.45) is 23.2 Å². The van der Waals surface area contributed by atoms with Crippen LogP contribution in [-0.4, -0.2) is 0 Å². The maximum atomic E-state index is 2.33. The molecule has 3 rings (SSSR count). The molecule has 146 valence electrons. The van der Waals surface area contributed by atoms with Crippen LogP contribution in [0.3, 0.4) is 0 Å². The normalized spacial score (nSPS) is 31.1. The molecule has 0 aromatic heterocycles. The molecule has 0 bridgehead atoms. The van der Waals surface area contributed by atoms with E-state index in [0.29, 0.717) is 0 Å². The zero-order valence-corrected chi connectivity index (χ0v) is 17.4. The predicted molar refractivity (Wildman–Crippen MR) is 111 cm³/mol. The Morgan fingerprint density at radius 3 is 1.96 bits per heavy atom. The quantitative estimate of drug-likeness (QED) is 0.385. The van der Waals surface area contributed by atoms with Crippen molar-refractivity contribution in [1.29, 1.82) is 0 Å². The largest absolute Gasteiger partial charge is 0.0654 e. The van der Waals surface area contributed by atoms with Gasteiger partial charge in [0.05, 0.1) is 0 Å². The summed E-state index contributed by atoms with van der Waals surface area (Å²) in [6, 6.07) is 0. The number of hydrogen-bond acceptors (Lipinski definition) is 0. The van der Waals surface area contributed by atoms with Crippen molar-refractivity contribution >= 4 is 0 Å². The van der Waals surface area contributed by atoms with Gasteiger partial charge in [-0.25, -0.2) is 0 Å². The smallest absolute Gasteiger partial charge is 0.0267 e. The zero-order chi connectivity index (χ0) is 17.4. The standard InChI is InChI=1S/C25H46/c1-2-3-4-7-12-22-15-17-23(18-16-22)21-25(19-10-6-11-20-25)24-13-8-5-9-14-24/h22-24H,2-21H2,1H3. The highest BCUT2D eigenvalue weighted by molar-refractivity contribution is 4.92. The van der Waals surface area contributed by atoms with E-state index in [-0.39, 0.29) is 0 Å². The second-order valence-electron chi connectivity index (χ2n) is 10.2. The Morgan fingerprint density at radius 1 is 0.640 bits per heavy atom. The van der Waals surface area contributed by atoms with Crippen LogP contribution in [0.5, 0.6) is 0 Å². The Hall–Kier alpha value is 0. The predicted octanol–water partition coefficient (Wildman–Crippen LogP) is 8.68. The first-order chi connectivity index (χ1) is 12.3. The van der Waals surface area contributed by atoms with Gasteiger partial charge in [-0.3, -0.25) is 0 Å². The van der Waals surface area contributed by atoms with Gasteiger partial charge in [0.1, 0.15) is 0 Å². The third kappa shape index (κ3) is 5.74. The molecule has 0 aromatic rings. The van der Waals surface area contributed by atoms with Gasteiger partial charge in [-0.2, -0.15) is 0 Å². The molecule has 0 aliphatic heterocycles. The van der Waals surface area contributed by atoms with Crippen molar-refractivity contribution in [2.75, 3.05) is 0 Å². The van der Waals surface area contributed by atoms with Crippen LogP contribution in [0.1, 0.15) is 135 Å². The molecule has 0 N–H and O–H groups in total. The summed E-state index contributed by atoms with van der Waals surface area (Å²) in [5.74, 6) is 3.28.